The average molecular weight is 280 g/mol. The second kappa shape index (κ2) is 5.09. The first-order chi connectivity index (χ1) is 7.81. The molecule has 0 aliphatic rings. The maximum atomic E-state index is 9.15. The summed E-state index contributed by atoms with van der Waals surface area (Å²) in [5.74, 6) is 1.27. The van der Waals surface area contributed by atoms with Crippen LogP contribution in [0.25, 0.3) is 0 Å². The first-order valence-corrected chi connectivity index (χ1v) is 5.56. The summed E-state index contributed by atoms with van der Waals surface area (Å²) in [5, 5.41) is 9.15. The van der Waals surface area contributed by atoms with Crippen molar-refractivity contribution in [3.05, 3.63) is 52.8 Å². The fourth-order valence-electron chi connectivity index (χ4n) is 1.28. The molecule has 1 aromatic carbocycles. The van der Waals surface area contributed by atoms with Crippen LogP contribution in [0.4, 0.5) is 0 Å². The molecule has 0 bridgehead atoms. The zero-order valence-electron chi connectivity index (χ0n) is 8.43. The lowest BCUT2D eigenvalue weighted by molar-refractivity contribution is 0.276. The lowest BCUT2D eigenvalue weighted by atomic mass is 10.2. The van der Waals surface area contributed by atoms with E-state index in [-0.39, 0.29) is 6.61 Å². The minimum atomic E-state index is -0.0672. The molecule has 0 amide bonds. The van der Waals surface area contributed by atoms with Gasteiger partial charge in [0.25, 0.3) is 0 Å². The van der Waals surface area contributed by atoms with Crippen molar-refractivity contribution >= 4 is 15.9 Å². The van der Waals surface area contributed by atoms with Crippen molar-refractivity contribution < 1.29 is 9.84 Å². The highest BCUT2D eigenvalue weighted by Crippen LogP contribution is 2.30. The van der Waals surface area contributed by atoms with Gasteiger partial charge < -0.3 is 9.84 Å². The molecule has 1 heterocycles. The topological polar surface area (TPSA) is 42.4 Å². The van der Waals surface area contributed by atoms with Gasteiger partial charge in [-0.1, -0.05) is 12.1 Å². The summed E-state index contributed by atoms with van der Waals surface area (Å²) in [6, 6.07) is 9.26. The third-order valence-corrected chi connectivity index (χ3v) is 2.75. The second-order valence-corrected chi connectivity index (χ2v) is 4.03. The van der Waals surface area contributed by atoms with Crippen molar-refractivity contribution in [1.82, 2.24) is 4.98 Å². The summed E-state index contributed by atoms with van der Waals surface area (Å²) >= 11 is 3.39. The van der Waals surface area contributed by atoms with Crippen molar-refractivity contribution in [2.45, 2.75) is 6.61 Å². The van der Waals surface area contributed by atoms with Gasteiger partial charge >= 0.3 is 0 Å². The van der Waals surface area contributed by atoms with Gasteiger partial charge in [0, 0.05) is 11.8 Å². The Bertz CT molecular complexity index is 488. The molecule has 0 fully saturated rings. The van der Waals surface area contributed by atoms with Crippen molar-refractivity contribution in [2.75, 3.05) is 0 Å². The van der Waals surface area contributed by atoms with Crippen molar-refractivity contribution in [2.24, 2.45) is 0 Å². The second-order valence-electron chi connectivity index (χ2n) is 3.17. The molecule has 0 spiro atoms. The largest absolute Gasteiger partial charge is 0.454 e. The Labute approximate surface area is 102 Å². The number of hydrogen-bond acceptors (Lipinski definition) is 3. The molecule has 4 heteroatoms. The molecule has 0 unspecified atom stereocenters. The number of benzene rings is 1. The first kappa shape index (κ1) is 11.1. The number of para-hydroxylation sites is 1. The molecule has 0 aliphatic carbocycles. The van der Waals surface area contributed by atoms with E-state index in [1.165, 1.54) is 0 Å². The molecule has 16 heavy (non-hydrogen) atoms. The number of pyridine rings is 1. The molecular weight excluding hydrogens is 270 g/mol. The predicted octanol–water partition coefficient (Wildman–Crippen LogP) is 3.13. The maximum Gasteiger partial charge on any atom is 0.151 e. The predicted molar refractivity (Wildman–Crippen MR) is 64.4 cm³/mol. The van der Waals surface area contributed by atoms with Crippen LogP contribution in [0, 0.1) is 0 Å². The van der Waals surface area contributed by atoms with E-state index >= 15 is 0 Å². The molecular formula is C12H10BrNO2. The van der Waals surface area contributed by atoms with Crippen molar-refractivity contribution in [3.63, 3.8) is 0 Å². The molecule has 2 rings (SSSR count). The summed E-state index contributed by atoms with van der Waals surface area (Å²) in [6.07, 6.45) is 3.21. The molecule has 0 radical (unpaired) electrons. The van der Waals surface area contributed by atoms with Gasteiger partial charge in [0.15, 0.2) is 5.75 Å². The highest BCUT2D eigenvalue weighted by atomic mass is 79.9. The zero-order valence-corrected chi connectivity index (χ0v) is 10.0. The average Bonchev–Trinajstić information content (AvgIpc) is 2.33. The Morgan fingerprint density at radius 3 is 2.75 bits per heavy atom. The third kappa shape index (κ3) is 2.40. The lowest BCUT2D eigenvalue weighted by Crippen LogP contribution is -1.92. The number of rotatable bonds is 3. The molecule has 3 nitrogen and oxygen atoms in total. The monoisotopic (exact) mass is 279 g/mol. The molecule has 2 aromatic rings. The normalized spacial score (nSPS) is 10.1. The number of ether oxygens (including phenoxy) is 1. The molecule has 0 saturated carbocycles. The minimum Gasteiger partial charge on any atom is -0.454 e. The lowest BCUT2D eigenvalue weighted by Gasteiger charge is -2.09. The Hall–Kier alpha value is -1.39. The van der Waals surface area contributed by atoms with E-state index in [0.29, 0.717) is 17.1 Å². The molecule has 0 aliphatic heterocycles. The van der Waals surface area contributed by atoms with Crippen LogP contribution in [-0.2, 0) is 6.61 Å². The smallest absolute Gasteiger partial charge is 0.151 e. The van der Waals surface area contributed by atoms with E-state index in [9.17, 15) is 0 Å². The summed E-state index contributed by atoms with van der Waals surface area (Å²) in [6.45, 7) is -0.0672. The standard InChI is InChI=1S/C12H10BrNO2/c13-10-3-1-2-4-11(10)16-12-7-14-6-5-9(12)8-15/h1-7,15H,8H2. The fourth-order valence-corrected chi connectivity index (χ4v) is 1.64. The summed E-state index contributed by atoms with van der Waals surface area (Å²) in [4.78, 5) is 3.97. The number of nitrogens with zero attached hydrogens (tertiary/aromatic N) is 1. The van der Waals surface area contributed by atoms with Gasteiger partial charge in [-0.2, -0.15) is 0 Å². The van der Waals surface area contributed by atoms with E-state index in [2.05, 4.69) is 20.9 Å². The van der Waals surface area contributed by atoms with Crippen LogP contribution in [0.2, 0.25) is 0 Å². The Morgan fingerprint density at radius 1 is 1.19 bits per heavy atom. The Balaban J connectivity index is 2.30. The van der Waals surface area contributed by atoms with E-state index in [1.807, 2.05) is 24.3 Å². The SMILES string of the molecule is OCc1ccncc1Oc1ccccc1Br. The van der Waals surface area contributed by atoms with Gasteiger partial charge in [-0.3, -0.25) is 4.98 Å². The van der Waals surface area contributed by atoms with Gasteiger partial charge in [-0.05, 0) is 34.1 Å². The van der Waals surface area contributed by atoms with Crippen molar-refractivity contribution in [1.29, 1.82) is 0 Å². The summed E-state index contributed by atoms with van der Waals surface area (Å²) in [5.41, 5.74) is 0.714. The van der Waals surface area contributed by atoms with Gasteiger partial charge in [0.05, 0.1) is 17.3 Å². The van der Waals surface area contributed by atoms with Crippen LogP contribution in [0.1, 0.15) is 5.56 Å². The van der Waals surface area contributed by atoms with Crippen LogP contribution in [0.5, 0.6) is 11.5 Å². The Kier molecular flexibility index (Phi) is 3.54. The van der Waals surface area contributed by atoms with Crippen LogP contribution < -0.4 is 4.74 Å². The molecule has 0 saturated heterocycles. The van der Waals surface area contributed by atoms with E-state index in [0.717, 1.165) is 4.47 Å². The van der Waals surface area contributed by atoms with Gasteiger partial charge in [-0.25, -0.2) is 0 Å². The quantitative estimate of drug-likeness (QED) is 0.939. The van der Waals surface area contributed by atoms with Gasteiger partial charge in [0.1, 0.15) is 5.75 Å². The molecule has 82 valence electrons. The van der Waals surface area contributed by atoms with Gasteiger partial charge in [0.2, 0.25) is 0 Å². The van der Waals surface area contributed by atoms with Crippen LogP contribution >= 0.6 is 15.9 Å². The van der Waals surface area contributed by atoms with E-state index in [4.69, 9.17) is 9.84 Å². The van der Waals surface area contributed by atoms with Crippen LogP contribution in [0.15, 0.2) is 47.2 Å². The highest BCUT2D eigenvalue weighted by molar-refractivity contribution is 9.10. The zero-order chi connectivity index (χ0) is 11.4. The molecule has 1 N–H and O–H groups in total. The summed E-state index contributed by atoms with van der Waals surface area (Å²) < 4.78 is 6.53. The number of aliphatic hydroxyl groups excluding tert-OH is 1. The number of halogens is 1. The first-order valence-electron chi connectivity index (χ1n) is 4.77. The third-order valence-electron chi connectivity index (χ3n) is 2.10. The van der Waals surface area contributed by atoms with Crippen molar-refractivity contribution in [3.8, 4) is 11.5 Å². The highest BCUT2D eigenvalue weighted by Gasteiger charge is 2.05. The minimum absolute atomic E-state index is 0.0672. The van der Waals surface area contributed by atoms with Crippen LogP contribution in [-0.4, -0.2) is 10.1 Å². The maximum absolute atomic E-state index is 9.15. The van der Waals surface area contributed by atoms with Gasteiger partial charge in [-0.15, -0.1) is 0 Å². The number of aliphatic hydroxyl groups is 1. The van der Waals surface area contributed by atoms with E-state index < -0.39 is 0 Å². The summed E-state index contributed by atoms with van der Waals surface area (Å²) in [7, 11) is 0. The van der Waals surface area contributed by atoms with Crippen LogP contribution in [0.3, 0.4) is 0 Å². The number of aromatic nitrogens is 1. The Morgan fingerprint density at radius 2 is 2.00 bits per heavy atom. The number of hydrogen-bond donors (Lipinski definition) is 1. The van der Waals surface area contributed by atoms with E-state index in [1.54, 1.807) is 18.5 Å². The fraction of sp³-hybridized carbons (Fsp3) is 0.0833. The molecule has 0 atom stereocenters. The molecule has 1 aromatic heterocycles.